The summed E-state index contributed by atoms with van der Waals surface area (Å²) in [4.78, 5) is 10.6. The molecule has 2 rings (SSSR count). The van der Waals surface area contributed by atoms with Crippen LogP contribution < -0.4 is 9.47 Å². The van der Waals surface area contributed by atoms with Crippen LogP contribution in [0, 0.1) is 10.1 Å². The second-order valence-corrected chi connectivity index (χ2v) is 5.61. The maximum atomic E-state index is 11.1. The summed E-state index contributed by atoms with van der Waals surface area (Å²) >= 11 is 11.9. The van der Waals surface area contributed by atoms with E-state index in [1.807, 2.05) is 6.92 Å². The van der Waals surface area contributed by atoms with Crippen molar-refractivity contribution in [1.82, 2.24) is 0 Å². The highest BCUT2D eigenvalue weighted by Gasteiger charge is 2.17. The van der Waals surface area contributed by atoms with Gasteiger partial charge < -0.3 is 9.47 Å². The van der Waals surface area contributed by atoms with Gasteiger partial charge in [0.15, 0.2) is 0 Å². The van der Waals surface area contributed by atoms with Crippen molar-refractivity contribution in [2.45, 2.75) is 19.8 Å². The average Bonchev–Trinajstić information content (AvgIpc) is 2.50. The number of nitrogens with zero attached hydrogens (tertiary/aromatic N) is 1. The lowest BCUT2D eigenvalue weighted by Crippen LogP contribution is -2.00. The van der Waals surface area contributed by atoms with E-state index in [1.165, 1.54) is 18.2 Å². The van der Waals surface area contributed by atoms with Crippen LogP contribution in [0.2, 0.25) is 10.0 Å². The lowest BCUT2D eigenvalue weighted by Gasteiger charge is -2.10. The third-order valence-corrected chi connectivity index (χ3v) is 3.54. The van der Waals surface area contributed by atoms with Crippen LogP contribution in [0.25, 0.3) is 0 Å². The van der Waals surface area contributed by atoms with E-state index in [1.54, 1.807) is 18.2 Å². The minimum atomic E-state index is -0.486. The standard InChI is InChI=1S/C16H15Cl2NO4/c1-2-3-8-22-16-10-12(5-6-14(16)19(20)21)23-15-7-4-11(17)9-13(15)18/h4-7,9-10H,2-3,8H2,1H3. The van der Waals surface area contributed by atoms with Gasteiger partial charge in [-0.25, -0.2) is 0 Å². The van der Waals surface area contributed by atoms with Crippen molar-refractivity contribution in [3.63, 3.8) is 0 Å². The molecule has 2 aromatic carbocycles. The van der Waals surface area contributed by atoms with Crippen LogP contribution in [-0.2, 0) is 0 Å². The molecular formula is C16H15Cl2NO4. The van der Waals surface area contributed by atoms with E-state index in [0.717, 1.165) is 12.8 Å². The molecule has 0 heterocycles. The van der Waals surface area contributed by atoms with E-state index in [4.69, 9.17) is 32.7 Å². The summed E-state index contributed by atoms with van der Waals surface area (Å²) in [5, 5.41) is 11.9. The summed E-state index contributed by atoms with van der Waals surface area (Å²) in [6.45, 7) is 2.42. The van der Waals surface area contributed by atoms with E-state index in [-0.39, 0.29) is 11.4 Å². The van der Waals surface area contributed by atoms with Crippen molar-refractivity contribution in [3.8, 4) is 17.2 Å². The van der Waals surface area contributed by atoms with Crippen LogP contribution in [0.5, 0.6) is 17.2 Å². The van der Waals surface area contributed by atoms with Gasteiger partial charge in [0.2, 0.25) is 5.75 Å². The Bertz CT molecular complexity index is 706. The zero-order valence-corrected chi connectivity index (χ0v) is 13.9. The molecule has 0 atom stereocenters. The number of hydrogen-bond acceptors (Lipinski definition) is 4. The minimum absolute atomic E-state index is 0.101. The number of hydrogen-bond donors (Lipinski definition) is 0. The van der Waals surface area contributed by atoms with Crippen LogP contribution in [-0.4, -0.2) is 11.5 Å². The molecular weight excluding hydrogens is 341 g/mol. The number of rotatable bonds is 7. The molecule has 0 unspecified atom stereocenters. The highest BCUT2D eigenvalue weighted by Crippen LogP contribution is 2.36. The normalized spacial score (nSPS) is 10.4. The van der Waals surface area contributed by atoms with Crippen molar-refractivity contribution in [1.29, 1.82) is 0 Å². The number of benzene rings is 2. The molecule has 0 aromatic heterocycles. The molecule has 0 bridgehead atoms. The number of unbranched alkanes of at least 4 members (excludes halogenated alkanes) is 1. The Hall–Kier alpha value is -1.98. The summed E-state index contributed by atoms with van der Waals surface area (Å²) in [5.41, 5.74) is -0.101. The molecule has 0 aliphatic carbocycles. The highest BCUT2D eigenvalue weighted by molar-refractivity contribution is 6.35. The lowest BCUT2D eigenvalue weighted by atomic mass is 10.2. The van der Waals surface area contributed by atoms with Crippen LogP contribution in [0.1, 0.15) is 19.8 Å². The van der Waals surface area contributed by atoms with Gasteiger partial charge in [-0.2, -0.15) is 0 Å². The van der Waals surface area contributed by atoms with Gasteiger partial charge in [0.05, 0.1) is 16.6 Å². The van der Waals surface area contributed by atoms with Gasteiger partial charge >= 0.3 is 5.69 Å². The van der Waals surface area contributed by atoms with E-state index >= 15 is 0 Å². The number of nitro benzene ring substituents is 1. The topological polar surface area (TPSA) is 61.6 Å². The molecule has 0 aliphatic heterocycles. The van der Waals surface area contributed by atoms with Gasteiger partial charge in [-0.15, -0.1) is 0 Å². The first-order valence-corrected chi connectivity index (χ1v) is 7.81. The second kappa shape index (κ2) is 8.04. The van der Waals surface area contributed by atoms with E-state index < -0.39 is 4.92 Å². The van der Waals surface area contributed by atoms with Gasteiger partial charge in [-0.05, 0) is 30.7 Å². The Morgan fingerprint density at radius 3 is 2.57 bits per heavy atom. The Morgan fingerprint density at radius 1 is 1.13 bits per heavy atom. The van der Waals surface area contributed by atoms with E-state index in [2.05, 4.69) is 0 Å². The molecule has 0 radical (unpaired) electrons. The first kappa shape index (κ1) is 17.4. The largest absolute Gasteiger partial charge is 0.487 e. The summed E-state index contributed by atoms with van der Waals surface area (Å²) in [6, 6.07) is 9.16. The molecule has 0 fully saturated rings. The SMILES string of the molecule is CCCCOc1cc(Oc2ccc(Cl)cc2Cl)ccc1[N+](=O)[O-]. The molecule has 0 saturated carbocycles. The number of nitro groups is 1. The summed E-state index contributed by atoms with van der Waals surface area (Å²) < 4.78 is 11.1. The fourth-order valence-corrected chi connectivity index (χ4v) is 2.28. The smallest absolute Gasteiger partial charge is 0.311 e. The predicted octanol–water partition coefficient (Wildman–Crippen LogP) is 5.87. The first-order chi connectivity index (χ1) is 11.0. The fraction of sp³-hybridized carbons (Fsp3) is 0.250. The summed E-state index contributed by atoms with van der Waals surface area (Å²) in [6.07, 6.45) is 1.75. The third-order valence-electron chi connectivity index (χ3n) is 3.01. The zero-order valence-electron chi connectivity index (χ0n) is 12.4. The molecule has 2 aromatic rings. The van der Waals surface area contributed by atoms with Gasteiger partial charge in [0.1, 0.15) is 11.5 Å². The fourth-order valence-electron chi connectivity index (χ4n) is 1.84. The molecule has 0 saturated heterocycles. The molecule has 0 spiro atoms. The van der Waals surface area contributed by atoms with Gasteiger partial charge in [-0.1, -0.05) is 36.5 Å². The van der Waals surface area contributed by atoms with Crippen molar-refractivity contribution in [2.24, 2.45) is 0 Å². The Kier molecular flexibility index (Phi) is 6.07. The Balaban J connectivity index is 2.25. The Morgan fingerprint density at radius 2 is 1.91 bits per heavy atom. The summed E-state index contributed by atoms with van der Waals surface area (Å²) in [7, 11) is 0. The van der Waals surface area contributed by atoms with Crippen molar-refractivity contribution in [3.05, 3.63) is 56.6 Å². The maximum Gasteiger partial charge on any atom is 0.311 e. The average molecular weight is 356 g/mol. The van der Waals surface area contributed by atoms with E-state index in [0.29, 0.717) is 28.2 Å². The van der Waals surface area contributed by atoms with Crippen molar-refractivity contribution >= 4 is 28.9 Å². The van der Waals surface area contributed by atoms with Gasteiger partial charge in [0, 0.05) is 17.2 Å². The van der Waals surface area contributed by atoms with Crippen LogP contribution in [0.4, 0.5) is 5.69 Å². The van der Waals surface area contributed by atoms with Crippen molar-refractivity contribution < 1.29 is 14.4 Å². The Labute approximate surface area is 143 Å². The predicted molar refractivity (Wildman–Crippen MR) is 90.0 cm³/mol. The molecule has 7 heteroatoms. The monoisotopic (exact) mass is 355 g/mol. The second-order valence-electron chi connectivity index (χ2n) is 4.77. The zero-order chi connectivity index (χ0) is 16.8. The molecule has 122 valence electrons. The van der Waals surface area contributed by atoms with Gasteiger partial charge in [-0.3, -0.25) is 10.1 Å². The molecule has 0 amide bonds. The molecule has 0 aliphatic rings. The van der Waals surface area contributed by atoms with Crippen molar-refractivity contribution in [2.75, 3.05) is 6.61 Å². The number of halogens is 2. The minimum Gasteiger partial charge on any atom is -0.487 e. The molecule has 23 heavy (non-hydrogen) atoms. The maximum absolute atomic E-state index is 11.1. The first-order valence-electron chi connectivity index (χ1n) is 7.05. The van der Waals surface area contributed by atoms with Gasteiger partial charge in [0.25, 0.3) is 0 Å². The molecule has 5 nitrogen and oxygen atoms in total. The lowest BCUT2D eigenvalue weighted by molar-refractivity contribution is -0.385. The van der Waals surface area contributed by atoms with Crippen LogP contribution in [0.3, 0.4) is 0 Å². The third kappa shape index (κ3) is 4.74. The highest BCUT2D eigenvalue weighted by atomic mass is 35.5. The van der Waals surface area contributed by atoms with Crippen LogP contribution >= 0.6 is 23.2 Å². The molecule has 0 N–H and O–H groups in total. The van der Waals surface area contributed by atoms with Crippen LogP contribution in [0.15, 0.2) is 36.4 Å². The number of ether oxygens (including phenoxy) is 2. The van der Waals surface area contributed by atoms with E-state index in [9.17, 15) is 10.1 Å². The summed E-state index contributed by atoms with van der Waals surface area (Å²) in [5.74, 6) is 0.974. The quantitative estimate of drug-likeness (QED) is 0.353.